The van der Waals surface area contributed by atoms with Crippen molar-refractivity contribution in [2.45, 2.75) is 70.6 Å². The first-order valence-electron chi connectivity index (χ1n) is 8.30. The fourth-order valence-corrected chi connectivity index (χ4v) is 3.58. The molecule has 1 aliphatic heterocycles. The van der Waals surface area contributed by atoms with E-state index >= 15 is 0 Å². The van der Waals surface area contributed by atoms with Gasteiger partial charge in [-0.1, -0.05) is 25.5 Å². The lowest BCUT2D eigenvalue weighted by molar-refractivity contribution is 0.0968. The zero-order chi connectivity index (χ0) is 14.9. The quantitative estimate of drug-likeness (QED) is 0.917. The normalized spacial score (nSPS) is 27.0. The van der Waals surface area contributed by atoms with Gasteiger partial charge in [0.1, 0.15) is 11.7 Å². The summed E-state index contributed by atoms with van der Waals surface area (Å²) in [5, 5.41) is 3.57. The zero-order valence-corrected chi connectivity index (χ0v) is 13.4. The minimum atomic E-state index is -0.116. The van der Waals surface area contributed by atoms with Gasteiger partial charge in [0, 0.05) is 18.0 Å². The summed E-state index contributed by atoms with van der Waals surface area (Å²) in [6.45, 7) is 7.44. The maximum absolute atomic E-state index is 6.37. The van der Waals surface area contributed by atoms with Crippen LogP contribution in [0.1, 0.15) is 52.0 Å². The molecule has 1 aromatic rings. The van der Waals surface area contributed by atoms with Crippen molar-refractivity contribution >= 4 is 0 Å². The number of ether oxygens (including phenoxy) is 2. The molecule has 0 bridgehead atoms. The van der Waals surface area contributed by atoms with E-state index in [4.69, 9.17) is 9.47 Å². The average Bonchev–Trinajstić information content (AvgIpc) is 2.76. The van der Waals surface area contributed by atoms with Crippen molar-refractivity contribution in [3.8, 4) is 11.5 Å². The van der Waals surface area contributed by atoms with Gasteiger partial charge in [-0.2, -0.15) is 0 Å². The van der Waals surface area contributed by atoms with Crippen LogP contribution in [0.15, 0.2) is 18.2 Å². The second-order valence-corrected chi connectivity index (χ2v) is 6.89. The van der Waals surface area contributed by atoms with Gasteiger partial charge in [0.15, 0.2) is 11.5 Å². The van der Waals surface area contributed by atoms with E-state index < -0.39 is 0 Å². The summed E-state index contributed by atoms with van der Waals surface area (Å²) in [7, 11) is 0. The predicted molar refractivity (Wildman–Crippen MR) is 85.2 cm³/mol. The Morgan fingerprint density at radius 1 is 1.29 bits per heavy atom. The first-order chi connectivity index (χ1) is 10.1. The lowest BCUT2D eigenvalue weighted by atomic mass is 9.92. The van der Waals surface area contributed by atoms with E-state index in [1.807, 2.05) is 0 Å². The molecule has 1 aliphatic carbocycles. The molecule has 3 rings (SSSR count). The van der Waals surface area contributed by atoms with Gasteiger partial charge < -0.3 is 14.8 Å². The van der Waals surface area contributed by atoms with Gasteiger partial charge >= 0.3 is 0 Å². The lowest BCUT2D eigenvalue weighted by Crippen LogP contribution is -2.45. The maximum Gasteiger partial charge on any atom is 0.165 e. The van der Waals surface area contributed by atoms with Crippen molar-refractivity contribution in [2.75, 3.05) is 6.54 Å². The molecule has 2 unspecified atom stereocenters. The van der Waals surface area contributed by atoms with E-state index in [0.29, 0.717) is 6.04 Å². The van der Waals surface area contributed by atoms with Crippen LogP contribution in [0, 0.1) is 0 Å². The molecular formula is C18H27NO2. The fraction of sp³-hybridized carbons (Fsp3) is 0.667. The molecule has 0 amide bonds. The monoisotopic (exact) mass is 289 g/mol. The lowest BCUT2D eigenvalue weighted by Gasteiger charge is -2.32. The Morgan fingerprint density at radius 3 is 2.90 bits per heavy atom. The van der Waals surface area contributed by atoms with Crippen LogP contribution in [0.2, 0.25) is 0 Å². The van der Waals surface area contributed by atoms with E-state index in [-0.39, 0.29) is 11.7 Å². The number of nitrogens with one attached hydrogen (secondary N) is 1. The number of benzene rings is 1. The highest BCUT2D eigenvalue weighted by Gasteiger charge is 2.34. The molecule has 1 heterocycles. The van der Waals surface area contributed by atoms with Crippen LogP contribution in [-0.4, -0.2) is 24.3 Å². The summed E-state index contributed by atoms with van der Waals surface area (Å²) in [5.41, 5.74) is 1.16. The van der Waals surface area contributed by atoms with Crippen LogP contribution in [0.25, 0.3) is 0 Å². The molecule has 1 aromatic carbocycles. The van der Waals surface area contributed by atoms with Gasteiger partial charge in [0.2, 0.25) is 0 Å². The standard InChI is InChI=1S/C18H27NO2/c1-4-19-14-9-5-6-10-15(14)20-16-11-7-8-13-12-18(2,3)21-17(13)16/h7-8,11,14-15,19H,4-6,9-10,12H2,1-3H3. The molecule has 3 nitrogen and oxygen atoms in total. The summed E-state index contributed by atoms with van der Waals surface area (Å²) < 4.78 is 12.5. The van der Waals surface area contributed by atoms with Crippen LogP contribution in [-0.2, 0) is 6.42 Å². The third-order valence-electron chi connectivity index (χ3n) is 4.50. The van der Waals surface area contributed by atoms with Crippen LogP contribution >= 0.6 is 0 Å². The number of likely N-dealkylation sites (N-methyl/N-ethyl adjacent to an activating group) is 1. The third-order valence-corrected chi connectivity index (χ3v) is 4.50. The third kappa shape index (κ3) is 3.18. The summed E-state index contributed by atoms with van der Waals surface area (Å²) >= 11 is 0. The molecule has 0 aromatic heterocycles. The SMILES string of the molecule is CCNC1CCCCC1Oc1cccc2c1OC(C)(C)C2. The molecule has 1 saturated carbocycles. The second-order valence-electron chi connectivity index (χ2n) is 6.89. The van der Waals surface area contributed by atoms with Crippen molar-refractivity contribution in [2.24, 2.45) is 0 Å². The minimum absolute atomic E-state index is 0.116. The molecule has 0 saturated heterocycles. The number of hydrogen-bond acceptors (Lipinski definition) is 3. The highest BCUT2D eigenvalue weighted by Crippen LogP contribution is 2.42. The minimum Gasteiger partial charge on any atom is -0.485 e. The Bertz CT molecular complexity index is 496. The van der Waals surface area contributed by atoms with Crippen molar-refractivity contribution in [3.05, 3.63) is 23.8 Å². The van der Waals surface area contributed by atoms with Crippen molar-refractivity contribution < 1.29 is 9.47 Å². The summed E-state index contributed by atoms with van der Waals surface area (Å²) in [6.07, 6.45) is 6.12. The molecular weight excluding hydrogens is 262 g/mol. The Hall–Kier alpha value is -1.22. The summed E-state index contributed by atoms with van der Waals surface area (Å²) in [5.74, 6) is 1.89. The molecule has 2 atom stereocenters. The van der Waals surface area contributed by atoms with Crippen molar-refractivity contribution in [3.63, 3.8) is 0 Å². The largest absolute Gasteiger partial charge is 0.485 e. The summed E-state index contributed by atoms with van der Waals surface area (Å²) in [4.78, 5) is 0. The Kier molecular flexibility index (Phi) is 4.12. The first-order valence-corrected chi connectivity index (χ1v) is 8.30. The Labute approximate surface area is 128 Å². The molecule has 21 heavy (non-hydrogen) atoms. The van der Waals surface area contributed by atoms with Crippen LogP contribution in [0.4, 0.5) is 0 Å². The van der Waals surface area contributed by atoms with E-state index in [2.05, 4.69) is 44.3 Å². The van der Waals surface area contributed by atoms with E-state index in [1.165, 1.54) is 24.8 Å². The van der Waals surface area contributed by atoms with Crippen LogP contribution < -0.4 is 14.8 Å². The van der Waals surface area contributed by atoms with Gasteiger partial charge in [0.05, 0.1) is 0 Å². The van der Waals surface area contributed by atoms with Gasteiger partial charge in [-0.15, -0.1) is 0 Å². The van der Waals surface area contributed by atoms with E-state index in [9.17, 15) is 0 Å². The van der Waals surface area contributed by atoms with Crippen molar-refractivity contribution in [1.29, 1.82) is 0 Å². The maximum atomic E-state index is 6.37. The Morgan fingerprint density at radius 2 is 2.10 bits per heavy atom. The van der Waals surface area contributed by atoms with Gasteiger partial charge in [0.25, 0.3) is 0 Å². The number of fused-ring (bicyclic) bond motifs is 1. The highest BCUT2D eigenvalue weighted by atomic mass is 16.5. The second kappa shape index (κ2) is 5.88. The molecule has 0 radical (unpaired) electrons. The van der Waals surface area contributed by atoms with Gasteiger partial charge in [-0.25, -0.2) is 0 Å². The highest BCUT2D eigenvalue weighted by molar-refractivity contribution is 5.50. The van der Waals surface area contributed by atoms with Crippen LogP contribution in [0.5, 0.6) is 11.5 Å². The number of hydrogen-bond donors (Lipinski definition) is 1. The van der Waals surface area contributed by atoms with Crippen molar-refractivity contribution in [1.82, 2.24) is 5.32 Å². The Balaban J connectivity index is 1.78. The molecule has 2 aliphatic rings. The molecule has 116 valence electrons. The molecule has 1 fully saturated rings. The first kappa shape index (κ1) is 14.7. The number of para-hydroxylation sites is 1. The summed E-state index contributed by atoms with van der Waals surface area (Å²) in [6, 6.07) is 6.76. The molecule has 1 N–H and O–H groups in total. The van der Waals surface area contributed by atoms with E-state index in [0.717, 1.165) is 30.9 Å². The molecule has 3 heteroatoms. The predicted octanol–water partition coefficient (Wildman–Crippen LogP) is 3.70. The fourth-order valence-electron chi connectivity index (χ4n) is 3.58. The van der Waals surface area contributed by atoms with Gasteiger partial charge in [-0.05, 0) is 45.7 Å². The zero-order valence-electron chi connectivity index (χ0n) is 13.4. The smallest absolute Gasteiger partial charge is 0.165 e. The van der Waals surface area contributed by atoms with Gasteiger partial charge in [-0.3, -0.25) is 0 Å². The molecule has 0 spiro atoms. The topological polar surface area (TPSA) is 30.5 Å². The average molecular weight is 289 g/mol. The van der Waals surface area contributed by atoms with Crippen LogP contribution in [0.3, 0.4) is 0 Å². The van der Waals surface area contributed by atoms with E-state index in [1.54, 1.807) is 0 Å². The number of rotatable bonds is 4.